The van der Waals surface area contributed by atoms with Gasteiger partial charge in [0.1, 0.15) is 11.9 Å². The number of fused-ring (bicyclic) bond motifs is 2. The van der Waals surface area contributed by atoms with E-state index in [0.29, 0.717) is 11.4 Å². The maximum atomic E-state index is 9.67. The Labute approximate surface area is 146 Å². The number of rotatable bonds is 3. The predicted molar refractivity (Wildman–Crippen MR) is 102 cm³/mol. The van der Waals surface area contributed by atoms with Crippen molar-refractivity contribution < 1.29 is 0 Å². The number of aromatic nitrogens is 3. The van der Waals surface area contributed by atoms with Crippen molar-refractivity contribution >= 4 is 33.6 Å². The third-order valence-corrected chi connectivity index (χ3v) is 4.47. The number of hydrogen-bond acceptors (Lipinski definition) is 2. The summed E-state index contributed by atoms with van der Waals surface area (Å²) in [6.07, 6.45) is 4.01. The van der Waals surface area contributed by atoms with Crippen molar-refractivity contribution in [1.82, 2.24) is 14.5 Å². The quantitative estimate of drug-likeness (QED) is 0.544. The molecule has 0 amide bonds. The fourth-order valence-corrected chi connectivity index (χ4v) is 3.21. The van der Waals surface area contributed by atoms with Crippen molar-refractivity contribution in [3.63, 3.8) is 0 Å². The van der Waals surface area contributed by atoms with Crippen LogP contribution < -0.4 is 0 Å². The Kier molecular flexibility index (Phi) is 3.62. The second-order valence-electron chi connectivity index (χ2n) is 6.16. The lowest BCUT2D eigenvalue weighted by molar-refractivity contribution is 0.797. The first-order valence-corrected chi connectivity index (χ1v) is 8.36. The molecule has 0 fully saturated rings. The lowest BCUT2D eigenvalue weighted by Gasteiger charge is -1.97. The molecule has 4 rings (SSSR count). The first-order chi connectivity index (χ1) is 12.2. The van der Waals surface area contributed by atoms with Gasteiger partial charge in [-0.05, 0) is 43.7 Å². The van der Waals surface area contributed by atoms with Gasteiger partial charge in [-0.25, -0.2) is 4.98 Å². The van der Waals surface area contributed by atoms with Gasteiger partial charge in [-0.3, -0.25) is 0 Å². The lowest BCUT2D eigenvalue weighted by atomic mass is 10.1. The highest BCUT2D eigenvalue weighted by molar-refractivity contribution is 5.98. The zero-order valence-electron chi connectivity index (χ0n) is 14.2. The highest BCUT2D eigenvalue weighted by Gasteiger charge is 2.11. The van der Waals surface area contributed by atoms with Crippen molar-refractivity contribution in [3.8, 4) is 6.07 Å². The second kappa shape index (κ2) is 5.95. The molecule has 0 aliphatic heterocycles. The Morgan fingerprint density at radius 2 is 2.12 bits per heavy atom. The molecule has 122 valence electrons. The Hall–Kier alpha value is -3.32. The van der Waals surface area contributed by atoms with Crippen molar-refractivity contribution in [2.75, 3.05) is 0 Å². The summed E-state index contributed by atoms with van der Waals surface area (Å²) in [5.41, 5.74) is 5.73. The molecule has 0 unspecified atom stereocenters. The van der Waals surface area contributed by atoms with Crippen LogP contribution >= 0.6 is 0 Å². The highest BCUT2D eigenvalue weighted by Crippen LogP contribution is 2.26. The Morgan fingerprint density at radius 3 is 2.92 bits per heavy atom. The van der Waals surface area contributed by atoms with Crippen LogP contribution in [0.4, 0.5) is 0 Å². The maximum Gasteiger partial charge on any atom is 0.149 e. The Bertz CT molecular complexity index is 1150. The molecule has 1 N–H and O–H groups in total. The van der Waals surface area contributed by atoms with Crippen molar-refractivity contribution in [2.24, 2.45) is 0 Å². The van der Waals surface area contributed by atoms with E-state index in [0.717, 1.165) is 34.1 Å². The van der Waals surface area contributed by atoms with E-state index in [9.17, 15) is 5.26 Å². The van der Waals surface area contributed by atoms with Gasteiger partial charge in [0.05, 0.1) is 16.6 Å². The number of nitrogens with one attached hydrogen (secondary N) is 1. The zero-order valence-corrected chi connectivity index (χ0v) is 14.2. The van der Waals surface area contributed by atoms with Crippen LogP contribution in [0.1, 0.15) is 23.9 Å². The third-order valence-electron chi connectivity index (χ3n) is 4.47. The van der Waals surface area contributed by atoms with E-state index in [4.69, 9.17) is 0 Å². The molecular weight excluding hydrogens is 308 g/mol. The third kappa shape index (κ3) is 2.60. The van der Waals surface area contributed by atoms with Crippen LogP contribution in [0.15, 0.2) is 48.7 Å². The molecular formula is C21H18N4. The van der Waals surface area contributed by atoms with E-state index in [1.807, 2.05) is 43.3 Å². The molecule has 0 atom stereocenters. The van der Waals surface area contributed by atoms with Gasteiger partial charge in [0.2, 0.25) is 0 Å². The van der Waals surface area contributed by atoms with Crippen LogP contribution in [0.3, 0.4) is 0 Å². The molecule has 4 heteroatoms. The minimum atomic E-state index is 0.535. The van der Waals surface area contributed by atoms with Gasteiger partial charge in [-0.2, -0.15) is 5.26 Å². The van der Waals surface area contributed by atoms with Crippen LogP contribution in [0.2, 0.25) is 0 Å². The van der Waals surface area contributed by atoms with Crippen molar-refractivity contribution in [3.05, 3.63) is 65.6 Å². The number of H-pyrrole nitrogens is 1. The SMILES string of the molecule is CCn1cc(C=C(C#N)c2nc3ccc(C)cc3[nH]2)c2ccccc21. The molecule has 2 heterocycles. The molecule has 4 nitrogen and oxygen atoms in total. The standard InChI is InChI=1S/C21H18N4/c1-3-25-13-16(17-6-4-5-7-20(17)25)11-15(12-22)21-23-18-9-8-14(2)10-19(18)24-21/h4-11,13H,3H2,1-2H3,(H,23,24). The smallest absolute Gasteiger partial charge is 0.149 e. The second-order valence-corrected chi connectivity index (χ2v) is 6.16. The average molecular weight is 326 g/mol. The van der Waals surface area contributed by atoms with Gasteiger partial charge in [-0.15, -0.1) is 0 Å². The Balaban J connectivity index is 1.87. The molecule has 0 spiro atoms. The monoisotopic (exact) mass is 326 g/mol. The lowest BCUT2D eigenvalue weighted by Crippen LogP contribution is -1.89. The van der Waals surface area contributed by atoms with Gasteiger partial charge < -0.3 is 9.55 Å². The van der Waals surface area contributed by atoms with Gasteiger partial charge in [0, 0.05) is 29.2 Å². The van der Waals surface area contributed by atoms with E-state index in [-0.39, 0.29) is 0 Å². The number of para-hydroxylation sites is 1. The summed E-state index contributed by atoms with van der Waals surface area (Å²) >= 11 is 0. The van der Waals surface area contributed by atoms with Crippen molar-refractivity contribution in [1.29, 1.82) is 5.26 Å². The van der Waals surface area contributed by atoms with Crippen LogP contribution in [0, 0.1) is 18.3 Å². The summed E-state index contributed by atoms with van der Waals surface area (Å²) in [6, 6.07) is 16.6. The van der Waals surface area contributed by atoms with Gasteiger partial charge in [-0.1, -0.05) is 24.3 Å². The number of nitrogens with zero attached hydrogens (tertiary/aromatic N) is 3. The molecule has 25 heavy (non-hydrogen) atoms. The highest BCUT2D eigenvalue weighted by atomic mass is 14.9. The first-order valence-electron chi connectivity index (χ1n) is 8.36. The number of benzene rings is 2. The van der Waals surface area contributed by atoms with Crippen LogP contribution in [-0.4, -0.2) is 14.5 Å². The molecule has 0 saturated heterocycles. The molecule has 4 aromatic rings. The summed E-state index contributed by atoms with van der Waals surface area (Å²) in [4.78, 5) is 7.84. The van der Waals surface area contributed by atoms with Crippen LogP contribution in [0.5, 0.6) is 0 Å². The maximum absolute atomic E-state index is 9.67. The average Bonchev–Trinajstić information content (AvgIpc) is 3.20. The van der Waals surface area contributed by atoms with E-state index >= 15 is 0 Å². The molecule has 0 radical (unpaired) electrons. The molecule has 0 bridgehead atoms. The molecule has 2 aromatic carbocycles. The van der Waals surface area contributed by atoms with Gasteiger partial charge >= 0.3 is 0 Å². The van der Waals surface area contributed by atoms with E-state index in [1.165, 1.54) is 5.52 Å². The van der Waals surface area contributed by atoms with Gasteiger partial charge in [0.25, 0.3) is 0 Å². The van der Waals surface area contributed by atoms with Crippen molar-refractivity contribution in [2.45, 2.75) is 20.4 Å². The summed E-state index contributed by atoms with van der Waals surface area (Å²) in [6.45, 7) is 5.05. The predicted octanol–water partition coefficient (Wildman–Crippen LogP) is 4.91. The molecule has 0 aliphatic rings. The summed E-state index contributed by atoms with van der Waals surface area (Å²) < 4.78 is 2.19. The number of nitriles is 1. The summed E-state index contributed by atoms with van der Waals surface area (Å²) in [5.74, 6) is 0.608. The van der Waals surface area contributed by atoms with E-state index in [2.05, 4.69) is 45.9 Å². The molecule has 2 aromatic heterocycles. The van der Waals surface area contributed by atoms with Crippen LogP contribution in [-0.2, 0) is 6.54 Å². The zero-order chi connectivity index (χ0) is 17.4. The normalized spacial score (nSPS) is 12.0. The number of aromatic amines is 1. The van der Waals surface area contributed by atoms with E-state index < -0.39 is 0 Å². The minimum absolute atomic E-state index is 0.535. The fraction of sp³-hybridized carbons (Fsp3) is 0.143. The van der Waals surface area contributed by atoms with Gasteiger partial charge in [0.15, 0.2) is 0 Å². The molecule has 0 saturated carbocycles. The number of allylic oxidation sites excluding steroid dienone is 1. The topological polar surface area (TPSA) is 57.4 Å². The first kappa shape index (κ1) is 15.2. The summed E-state index contributed by atoms with van der Waals surface area (Å²) in [7, 11) is 0. The minimum Gasteiger partial charge on any atom is -0.347 e. The molecule has 0 aliphatic carbocycles. The summed E-state index contributed by atoms with van der Waals surface area (Å²) in [5, 5.41) is 10.8. The Morgan fingerprint density at radius 1 is 1.28 bits per heavy atom. The van der Waals surface area contributed by atoms with E-state index in [1.54, 1.807) is 0 Å². The fourth-order valence-electron chi connectivity index (χ4n) is 3.21. The number of aryl methyl sites for hydroxylation is 2. The number of imidazole rings is 1. The van der Waals surface area contributed by atoms with Crippen LogP contribution in [0.25, 0.3) is 33.6 Å². The number of hydrogen-bond donors (Lipinski definition) is 1. The largest absolute Gasteiger partial charge is 0.347 e.